The van der Waals surface area contributed by atoms with Gasteiger partial charge in [0.25, 0.3) is 0 Å². The van der Waals surface area contributed by atoms with Crippen molar-refractivity contribution in [1.29, 1.82) is 0 Å². The van der Waals surface area contributed by atoms with Crippen molar-refractivity contribution in [2.24, 2.45) is 0 Å². The summed E-state index contributed by atoms with van der Waals surface area (Å²) in [5, 5.41) is 0.909. The second-order valence-electron chi connectivity index (χ2n) is 5.79. The third kappa shape index (κ3) is 7.20. The molecule has 0 aliphatic rings. The Morgan fingerprint density at radius 2 is 2.00 bits per heavy atom. The molecule has 0 spiro atoms. The SMILES string of the molecule is CCCC[Si](C)(C)COC(=O)COc1ccc(Cl)cc1Cl. The van der Waals surface area contributed by atoms with Crippen molar-refractivity contribution in [3.63, 3.8) is 0 Å². The van der Waals surface area contributed by atoms with E-state index in [4.69, 9.17) is 32.7 Å². The minimum Gasteiger partial charge on any atom is -0.480 e. The zero-order chi connectivity index (χ0) is 15.9. The molecule has 0 amide bonds. The lowest BCUT2D eigenvalue weighted by atomic mass is 10.3. The van der Waals surface area contributed by atoms with Gasteiger partial charge in [-0.25, -0.2) is 4.79 Å². The smallest absolute Gasteiger partial charge is 0.343 e. The number of hydrogen-bond donors (Lipinski definition) is 0. The van der Waals surface area contributed by atoms with E-state index in [9.17, 15) is 4.79 Å². The van der Waals surface area contributed by atoms with E-state index in [0.29, 0.717) is 22.0 Å². The van der Waals surface area contributed by atoms with Crippen LogP contribution in [0, 0.1) is 0 Å². The number of carbonyl (C=O) groups is 1. The van der Waals surface area contributed by atoms with Gasteiger partial charge in [-0.3, -0.25) is 0 Å². The molecule has 1 aromatic rings. The van der Waals surface area contributed by atoms with Gasteiger partial charge < -0.3 is 9.47 Å². The number of carbonyl (C=O) groups excluding carboxylic acids is 1. The molecule has 0 fully saturated rings. The molecule has 0 bridgehead atoms. The van der Waals surface area contributed by atoms with Gasteiger partial charge in [-0.05, 0) is 18.2 Å². The molecule has 1 rings (SSSR count). The van der Waals surface area contributed by atoms with E-state index in [2.05, 4.69) is 20.0 Å². The van der Waals surface area contributed by atoms with E-state index in [1.54, 1.807) is 18.2 Å². The number of halogens is 2. The maximum absolute atomic E-state index is 11.7. The molecule has 3 nitrogen and oxygen atoms in total. The number of ether oxygens (including phenoxy) is 2. The van der Waals surface area contributed by atoms with E-state index in [1.807, 2.05) is 0 Å². The van der Waals surface area contributed by atoms with E-state index >= 15 is 0 Å². The van der Waals surface area contributed by atoms with E-state index in [-0.39, 0.29) is 12.6 Å². The Bertz CT molecular complexity index is 478. The third-order valence-electron chi connectivity index (χ3n) is 3.07. The van der Waals surface area contributed by atoms with Crippen LogP contribution in [0.2, 0.25) is 29.2 Å². The van der Waals surface area contributed by atoms with Crippen LogP contribution in [0.5, 0.6) is 5.75 Å². The van der Waals surface area contributed by atoms with E-state index < -0.39 is 8.07 Å². The molecule has 0 unspecified atom stereocenters. The summed E-state index contributed by atoms with van der Waals surface area (Å²) in [5.74, 6) is 0.0681. The van der Waals surface area contributed by atoms with Crippen LogP contribution in [-0.4, -0.2) is 26.9 Å². The molecule has 0 N–H and O–H groups in total. The normalized spacial score (nSPS) is 11.3. The van der Waals surface area contributed by atoms with Gasteiger partial charge in [0, 0.05) is 5.02 Å². The molecule has 0 aromatic heterocycles. The highest BCUT2D eigenvalue weighted by Gasteiger charge is 2.22. The zero-order valence-electron chi connectivity index (χ0n) is 12.7. The van der Waals surface area contributed by atoms with E-state index in [0.717, 1.165) is 0 Å². The molecular weight excluding hydrogens is 327 g/mol. The van der Waals surface area contributed by atoms with Gasteiger partial charge in [-0.1, -0.05) is 62.1 Å². The standard InChI is InChI=1S/C15H22Cl2O3Si/c1-4-5-8-21(2,3)11-20-15(18)10-19-14-7-6-12(16)9-13(14)17/h6-7,9H,4-5,8,10-11H2,1-3H3. The summed E-state index contributed by atoms with van der Waals surface area (Å²) in [4.78, 5) is 11.7. The monoisotopic (exact) mass is 348 g/mol. The van der Waals surface area contributed by atoms with Crippen LogP contribution in [0.3, 0.4) is 0 Å². The van der Waals surface area contributed by atoms with Crippen molar-refractivity contribution in [2.45, 2.75) is 38.9 Å². The minimum atomic E-state index is -1.46. The lowest BCUT2D eigenvalue weighted by Crippen LogP contribution is -2.34. The fraction of sp³-hybridized carbons (Fsp3) is 0.533. The predicted molar refractivity (Wildman–Crippen MR) is 90.1 cm³/mol. The summed E-state index contributed by atoms with van der Waals surface area (Å²) in [6, 6.07) is 6.04. The molecule has 0 radical (unpaired) electrons. The van der Waals surface area contributed by atoms with Crippen molar-refractivity contribution in [3.05, 3.63) is 28.2 Å². The van der Waals surface area contributed by atoms with Crippen molar-refractivity contribution in [2.75, 3.05) is 12.8 Å². The summed E-state index contributed by atoms with van der Waals surface area (Å²) in [6.45, 7) is 6.49. The van der Waals surface area contributed by atoms with Gasteiger partial charge in [0.1, 0.15) is 5.75 Å². The first-order valence-corrected chi connectivity index (χ1v) is 11.2. The van der Waals surface area contributed by atoms with Crippen molar-refractivity contribution < 1.29 is 14.3 Å². The Morgan fingerprint density at radius 1 is 1.29 bits per heavy atom. The van der Waals surface area contributed by atoms with Crippen LogP contribution < -0.4 is 4.74 Å². The van der Waals surface area contributed by atoms with Crippen molar-refractivity contribution >= 4 is 37.2 Å². The molecule has 118 valence electrons. The quantitative estimate of drug-likeness (QED) is 0.491. The van der Waals surface area contributed by atoms with Crippen LogP contribution in [0.15, 0.2) is 18.2 Å². The fourth-order valence-corrected chi connectivity index (χ4v) is 4.24. The van der Waals surface area contributed by atoms with Crippen LogP contribution in [0.1, 0.15) is 19.8 Å². The first-order valence-electron chi connectivity index (χ1n) is 7.07. The lowest BCUT2D eigenvalue weighted by Gasteiger charge is -2.21. The maximum atomic E-state index is 11.7. The number of rotatable bonds is 8. The average molecular weight is 349 g/mol. The Morgan fingerprint density at radius 3 is 2.62 bits per heavy atom. The number of benzene rings is 1. The molecule has 0 atom stereocenters. The largest absolute Gasteiger partial charge is 0.480 e. The molecule has 6 heteroatoms. The van der Waals surface area contributed by atoms with Gasteiger partial charge in [0.2, 0.25) is 0 Å². The Labute approximate surface area is 137 Å². The summed E-state index contributed by atoms with van der Waals surface area (Å²) in [5.41, 5.74) is 0. The summed E-state index contributed by atoms with van der Waals surface area (Å²) in [6.07, 6.45) is 2.89. The van der Waals surface area contributed by atoms with Crippen molar-refractivity contribution in [1.82, 2.24) is 0 Å². The molecule has 21 heavy (non-hydrogen) atoms. The molecular formula is C15H22Cl2O3Si. The van der Waals surface area contributed by atoms with Crippen molar-refractivity contribution in [3.8, 4) is 5.75 Å². The van der Waals surface area contributed by atoms with Gasteiger partial charge in [-0.15, -0.1) is 0 Å². The van der Waals surface area contributed by atoms with Gasteiger partial charge in [0.15, 0.2) is 6.61 Å². The number of esters is 1. The highest BCUT2D eigenvalue weighted by Crippen LogP contribution is 2.27. The van der Waals surface area contributed by atoms with Crippen LogP contribution >= 0.6 is 23.2 Å². The minimum absolute atomic E-state index is 0.139. The highest BCUT2D eigenvalue weighted by molar-refractivity contribution is 6.77. The lowest BCUT2D eigenvalue weighted by molar-refractivity contribution is -0.144. The van der Waals surface area contributed by atoms with E-state index in [1.165, 1.54) is 18.9 Å². The molecule has 0 heterocycles. The van der Waals surface area contributed by atoms with Crippen LogP contribution in [-0.2, 0) is 9.53 Å². The van der Waals surface area contributed by atoms with Crippen LogP contribution in [0.4, 0.5) is 0 Å². The number of unbranched alkanes of at least 4 members (excludes halogenated alkanes) is 1. The third-order valence-corrected chi connectivity index (χ3v) is 6.23. The molecule has 0 aliphatic carbocycles. The summed E-state index contributed by atoms with van der Waals surface area (Å²) < 4.78 is 10.7. The van der Waals surface area contributed by atoms with Gasteiger partial charge in [-0.2, -0.15) is 0 Å². The summed E-state index contributed by atoms with van der Waals surface area (Å²) in [7, 11) is -1.46. The zero-order valence-corrected chi connectivity index (χ0v) is 15.3. The highest BCUT2D eigenvalue weighted by atomic mass is 35.5. The average Bonchev–Trinajstić information content (AvgIpc) is 2.42. The van der Waals surface area contributed by atoms with Crippen LogP contribution in [0.25, 0.3) is 0 Å². The molecule has 0 saturated carbocycles. The molecule has 0 aliphatic heterocycles. The van der Waals surface area contributed by atoms with Gasteiger partial charge >= 0.3 is 5.97 Å². The summed E-state index contributed by atoms with van der Waals surface area (Å²) >= 11 is 11.8. The molecule has 1 aromatic carbocycles. The Kier molecular flexibility index (Phi) is 7.56. The second kappa shape index (κ2) is 8.66. The molecule has 0 saturated heterocycles. The van der Waals surface area contributed by atoms with Gasteiger partial charge in [0.05, 0.1) is 19.3 Å². The first-order chi connectivity index (χ1) is 9.84. The first kappa shape index (κ1) is 18.3. The topological polar surface area (TPSA) is 35.5 Å². The fourth-order valence-electron chi connectivity index (χ4n) is 1.77. The Balaban J connectivity index is 2.37. The Hall–Kier alpha value is -0.713. The number of hydrogen-bond acceptors (Lipinski definition) is 3. The second-order valence-corrected chi connectivity index (χ2v) is 11.8. The maximum Gasteiger partial charge on any atom is 0.343 e. The predicted octanol–water partition coefficient (Wildman–Crippen LogP) is 4.96.